The summed E-state index contributed by atoms with van der Waals surface area (Å²) in [6.45, 7) is 9.92. The zero-order valence-electron chi connectivity index (χ0n) is 11.8. The first kappa shape index (κ1) is 12.9. The molecule has 1 heterocycles. The molecule has 1 aromatic heterocycles. The van der Waals surface area contributed by atoms with Gasteiger partial charge >= 0.3 is 0 Å². The molecule has 0 radical (unpaired) electrons. The maximum atomic E-state index is 6.02. The van der Waals surface area contributed by atoms with Crippen molar-refractivity contribution in [1.82, 2.24) is 9.55 Å². The van der Waals surface area contributed by atoms with Gasteiger partial charge in [-0.15, -0.1) is 0 Å². The van der Waals surface area contributed by atoms with Gasteiger partial charge in [-0.3, -0.25) is 0 Å². The summed E-state index contributed by atoms with van der Waals surface area (Å²) in [4.78, 5) is 4.74. The van der Waals surface area contributed by atoms with Crippen molar-refractivity contribution in [3.8, 4) is 0 Å². The summed E-state index contributed by atoms with van der Waals surface area (Å²) in [5.41, 5.74) is 8.92. The van der Waals surface area contributed by atoms with E-state index in [2.05, 4.69) is 38.3 Å². The third-order valence-corrected chi connectivity index (χ3v) is 3.03. The lowest BCUT2D eigenvalue weighted by atomic mass is 10.1. The van der Waals surface area contributed by atoms with E-state index in [9.17, 15) is 0 Å². The molecule has 0 aliphatic rings. The minimum Gasteiger partial charge on any atom is -0.397 e. The van der Waals surface area contributed by atoms with Crippen LogP contribution in [-0.4, -0.2) is 9.55 Å². The third-order valence-electron chi connectivity index (χ3n) is 3.03. The first-order chi connectivity index (χ1) is 8.49. The summed E-state index contributed by atoms with van der Waals surface area (Å²) in [5, 5.41) is 0. The van der Waals surface area contributed by atoms with Crippen molar-refractivity contribution in [3.63, 3.8) is 0 Å². The smallest absolute Gasteiger partial charge is 0.112 e. The van der Waals surface area contributed by atoms with E-state index in [1.807, 2.05) is 12.1 Å². The van der Waals surface area contributed by atoms with Gasteiger partial charge in [0.2, 0.25) is 0 Å². The fraction of sp³-hybridized carbons (Fsp3) is 0.533. The van der Waals surface area contributed by atoms with Crippen LogP contribution in [0.4, 0.5) is 5.69 Å². The summed E-state index contributed by atoms with van der Waals surface area (Å²) in [6.07, 6.45) is 1.00. The van der Waals surface area contributed by atoms with Crippen molar-refractivity contribution in [2.24, 2.45) is 11.8 Å². The largest absolute Gasteiger partial charge is 0.397 e. The number of nitrogens with two attached hydrogens (primary N) is 1. The molecule has 3 heteroatoms. The number of aromatic nitrogens is 2. The average molecular weight is 245 g/mol. The van der Waals surface area contributed by atoms with Gasteiger partial charge < -0.3 is 10.3 Å². The number of nitrogen functional groups attached to an aromatic ring is 1. The summed E-state index contributed by atoms with van der Waals surface area (Å²) in [5.74, 6) is 2.37. The Morgan fingerprint density at radius 1 is 1.17 bits per heavy atom. The van der Waals surface area contributed by atoms with Crippen molar-refractivity contribution in [1.29, 1.82) is 0 Å². The highest BCUT2D eigenvalue weighted by atomic mass is 15.1. The van der Waals surface area contributed by atoms with Gasteiger partial charge in [-0.2, -0.15) is 0 Å². The predicted octanol–water partition coefficient (Wildman–Crippen LogP) is 3.47. The Morgan fingerprint density at radius 2 is 1.89 bits per heavy atom. The molecule has 2 aromatic rings. The monoisotopic (exact) mass is 245 g/mol. The highest BCUT2D eigenvalue weighted by Crippen LogP contribution is 2.24. The average Bonchev–Trinajstić information content (AvgIpc) is 2.58. The highest BCUT2D eigenvalue weighted by molar-refractivity contribution is 5.87. The molecule has 0 spiro atoms. The van der Waals surface area contributed by atoms with Gasteiger partial charge in [-0.25, -0.2) is 4.98 Å². The number of nitrogens with zero attached hydrogens (tertiary/aromatic N) is 2. The van der Waals surface area contributed by atoms with Crippen LogP contribution < -0.4 is 5.73 Å². The Labute approximate surface area is 109 Å². The number of anilines is 1. The molecule has 0 aliphatic heterocycles. The Bertz CT molecular complexity index is 538. The zero-order chi connectivity index (χ0) is 13.3. The Kier molecular flexibility index (Phi) is 3.60. The van der Waals surface area contributed by atoms with Crippen LogP contribution in [0.2, 0.25) is 0 Å². The molecule has 0 bridgehead atoms. The first-order valence-electron chi connectivity index (χ1n) is 6.72. The number of rotatable bonds is 4. The van der Waals surface area contributed by atoms with Gasteiger partial charge in [0.05, 0.1) is 11.2 Å². The summed E-state index contributed by atoms with van der Waals surface area (Å²) in [6, 6.07) is 6.05. The van der Waals surface area contributed by atoms with Crippen molar-refractivity contribution >= 4 is 16.7 Å². The van der Waals surface area contributed by atoms with Crippen LogP contribution in [0.1, 0.15) is 33.5 Å². The second-order valence-corrected chi connectivity index (χ2v) is 5.85. The van der Waals surface area contributed by atoms with Crippen LogP contribution in [0.5, 0.6) is 0 Å². The molecule has 2 rings (SSSR count). The number of benzene rings is 1. The number of para-hydroxylation sites is 1. The normalized spacial score (nSPS) is 11.9. The van der Waals surface area contributed by atoms with Gasteiger partial charge in [0.15, 0.2) is 0 Å². The maximum absolute atomic E-state index is 6.02. The molecule has 0 aliphatic carbocycles. The molecule has 1 aromatic carbocycles. The number of hydrogen-bond acceptors (Lipinski definition) is 2. The van der Waals surface area contributed by atoms with E-state index in [4.69, 9.17) is 10.7 Å². The molecule has 18 heavy (non-hydrogen) atoms. The number of imidazole rings is 1. The van der Waals surface area contributed by atoms with Crippen LogP contribution >= 0.6 is 0 Å². The second-order valence-electron chi connectivity index (χ2n) is 5.85. The molecule has 0 unspecified atom stereocenters. The van der Waals surface area contributed by atoms with Crippen LogP contribution in [-0.2, 0) is 13.0 Å². The first-order valence-corrected chi connectivity index (χ1v) is 6.72. The lowest BCUT2D eigenvalue weighted by Gasteiger charge is -2.12. The van der Waals surface area contributed by atoms with E-state index >= 15 is 0 Å². The molecule has 0 atom stereocenters. The van der Waals surface area contributed by atoms with Crippen molar-refractivity contribution in [2.45, 2.75) is 40.7 Å². The Balaban J connectivity index is 2.56. The molecule has 98 valence electrons. The quantitative estimate of drug-likeness (QED) is 0.838. The number of fused-ring (bicyclic) bond motifs is 1. The molecule has 0 amide bonds. The van der Waals surface area contributed by atoms with E-state index in [1.165, 1.54) is 5.52 Å². The van der Waals surface area contributed by atoms with Gasteiger partial charge in [0, 0.05) is 13.0 Å². The fourth-order valence-corrected chi connectivity index (χ4v) is 2.31. The van der Waals surface area contributed by atoms with E-state index < -0.39 is 0 Å². The molecule has 0 saturated carbocycles. The molecular weight excluding hydrogens is 222 g/mol. The van der Waals surface area contributed by atoms with Crippen molar-refractivity contribution < 1.29 is 0 Å². The van der Waals surface area contributed by atoms with Crippen LogP contribution in [0, 0.1) is 11.8 Å². The maximum Gasteiger partial charge on any atom is 0.112 e. The Morgan fingerprint density at radius 3 is 2.50 bits per heavy atom. The summed E-state index contributed by atoms with van der Waals surface area (Å²) < 4.78 is 2.33. The van der Waals surface area contributed by atoms with Crippen LogP contribution in [0.3, 0.4) is 0 Å². The van der Waals surface area contributed by atoms with Gasteiger partial charge in [0.25, 0.3) is 0 Å². The summed E-state index contributed by atoms with van der Waals surface area (Å²) >= 11 is 0. The standard InChI is InChI=1S/C15H23N3/c1-10(2)8-14-17-15-12(16)6-5-7-13(15)18(14)9-11(3)4/h5-7,10-11H,8-9,16H2,1-4H3. The predicted molar refractivity (Wildman–Crippen MR) is 77.5 cm³/mol. The molecule has 3 nitrogen and oxygen atoms in total. The van der Waals surface area contributed by atoms with Gasteiger partial charge in [0.1, 0.15) is 11.3 Å². The molecular formula is C15H23N3. The van der Waals surface area contributed by atoms with Gasteiger partial charge in [-0.05, 0) is 24.0 Å². The van der Waals surface area contributed by atoms with Gasteiger partial charge in [-0.1, -0.05) is 33.8 Å². The second kappa shape index (κ2) is 5.01. The lowest BCUT2D eigenvalue weighted by molar-refractivity contribution is 0.499. The molecule has 0 saturated heterocycles. The minimum absolute atomic E-state index is 0.606. The minimum atomic E-state index is 0.606. The van der Waals surface area contributed by atoms with Crippen LogP contribution in [0.25, 0.3) is 11.0 Å². The summed E-state index contributed by atoms with van der Waals surface area (Å²) in [7, 11) is 0. The van der Waals surface area contributed by atoms with E-state index in [-0.39, 0.29) is 0 Å². The fourth-order valence-electron chi connectivity index (χ4n) is 2.31. The van der Waals surface area contributed by atoms with Crippen molar-refractivity contribution in [3.05, 3.63) is 24.0 Å². The molecule has 2 N–H and O–H groups in total. The van der Waals surface area contributed by atoms with E-state index in [0.717, 1.165) is 30.0 Å². The van der Waals surface area contributed by atoms with Crippen LogP contribution in [0.15, 0.2) is 18.2 Å². The van der Waals surface area contributed by atoms with Crippen molar-refractivity contribution in [2.75, 3.05) is 5.73 Å². The zero-order valence-corrected chi connectivity index (χ0v) is 11.8. The topological polar surface area (TPSA) is 43.8 Å². The van der Waals surface area contributed by atoms with E-state index in [1.54, 1.807) is 0 Å². The lowest BCUT2D eigenvalue weighted by Crippen LogP contribution is -2.10. The van der Waals surface area contributed by atoms with E-state index in [0.29, 0.717) is 11.8 Å². The molecule has 0 fully saturated rings. The number of hydrogen-bond donors (Lipinski definition) is 1. The highest BCUT2D eigenvalue weighted by Gasteiger charge is 2.14. The third kappa shape index (κ3) is 2.50. The Hall–Kier alpha value is -1.51. The SMILES string of the molecule is CC(C)Cc1nc2c(N)cccc2n1CC(C)C.